The lowest BCUT2D eigenvalue weighted by Crippen LogP contribution is -2.38. The van der Waals surface area contributed by atoms with E-state index in [1.54, 1.807) is 12.5 Å². The quantitative estimate of drug-likeness (QED) is 0.841. The fraction of sp³-hybridized carbons (Fsp3) is 0.333. The van der Waals surface area contributed by atoms with E-state index in [2.05, 4.69) is 10.3 Å². The predicted molar refractivity (Wildman–Crippen MR) is 74.6 cm³/mol. The molecule has 1 fully saturated rings. The molecule has 0 aliphatic heterocycles. The number of aliphatic carboxylic acids is 1. The van der Waals surface area contributed by atoms with Gasteiger partial charge in [0.25, 0.3) is 0 Å². The zero-order chi connectivity index (χ0) is 13.9. The molecule has 1 heterocycles. The summed E-state index contributed by atoms with van der Waals surface area (Å²) in [5, 5.41) is 12.3. The summed E-state index contributed by atoms with van der Waals surface area (Å²) in [4.78, 5) is 15.2. The normalized spacial score (nSPS) is 16.0. The fourth-order valence-corrected chi connectivity index (χ4v) is 2.31. The molecule has 5 heteroatoms. The summed E-state index contributed by atoms with van der Waals surface area (Å²) >= 11 is 0. The van der Waals surface area contributed by atoms with E-state index in [0.29, 0.717) is 12.5 Å². The van der Waals surface area contributed by atoms with Crippen LogP contribution in [0.5, 0.6) is 0 Å². The molecule has 1 saturated carbocycles. The second-order valence-corrected chi connectivity index (χ2v) is 5.17. The first-order valence-corrected chi connectivity index (χ1v) is 6.77. The molecule has 0 amide bonds. The highest BCUT2D eigenvalue weighted by molar-refractivity contribution is 5.74. The smallest absolute Gasteiger partial charge is 0.320 e. The Kier molecular flexibility index (Phi) is 3.52. The molecule has 0 bridgehead atoms. The molecule has 104 valence electrons. The minimum absolute atomic E-state index is 0.303. The van der Waals surface area contributed by atoms with Crippen LogP contribution in [0.15, 0.2) is 43.0 Å². The first kappa shape index (κ1) is 12.9. The van der Waals surface area contributed by atoms with Crippen LogP contribution in [0.2, 0.25) is 0 Å². The molecule has 0 spiro atoms. The van der Waals surface area contributed by atoms with Gasteiger partial charge in [-0.15, -0.1) is 0 Å². The van der Waals surface area contributed by atoms with Gasteiger partial charge in [0.05, 0.1) is 6.33 Å². The van der Waals surface area contributed by atoms with Crippen LogP contribution in [0.25, 0.3) is 5.69 Å². The van der Waals surface area contributed by atoms with Gasteiger partial charge in [-0.25, -0.2) is 4.98 Å². The van der Waals surface area contributed by atoms with Crippen molar-refractivity contribution in [3.05, 3.63) is 48.5 Å². The molecule has 2 aromatic rings. The van der Waals surface area contributed by atoms with Crippen molar-refractivity contribution in [3.8, 4) is 5.69 Å². The summed E-state index contributed by atoms with van der Waals surface area (Å²) in [6, 6.07) is 7.61. The minimum atomic E-state index is -0.748. The standard InChI is InChI=1S/C15H17N3O2/c19-15(20)14(12-3-4-12)17-9-11-1-5-13(6-2-11)18-8-7-16-10-18/h1-2,5-8,10,12,14,17H,3-4,9H2,(H,19,20). The molecular formula is C15H17N3O2. The third-order valence-electron chi connectivity index (χ3n) is 3.62. The van der Waals surface area contributed by atoms with Gasteiger partial charge in [-0.2, -0.15) is 0 Å². The predicted octanol–water partition coefficient (Wildman–Crippen LogP) is 1.83. The average Bonchev–Trinajstić information content (AvgIpc) is 3.13. The zero-order valence-electron chi connectivity index (χ0n) is 11.1. The zero-order valence-corrected chi connectivity index (χ0v) is 11.1. The number of rotatable bonds is 6. The summed E-state index contributed by atoms with van der Waals surface area (Å²) in [5.74, 6) is -0.444. The molecule has 1 atom stereocenters. The third kappa shape index (κ3) is 2.88. The van der Waals surface area contributed by atoms with Gasteiger partial charge >= 0.3 is 5.97 Å². The van der Waals surface area contributed by atoms with Crippen LogP contribution in [-0.4, -0.2) is 26.7 Å². The monoisotopic (exact) mass is 271 g/mol. The highest BCUT2D eigenvalue weighted by atomic mass is 16.4. The maximum absolute atomic E-state index is 11.1. The molecular weight excluding hydrogens is 254 g/mol. The SMILES string of the molecule is O=C(O)C(NCc1ccc(-n2ccnc2)cc1)C1CC1. The van der Waals surface area contributed by atoms with Gasteiger partial charge in [-0.05, 0) is 36.5 Å². The summed E-state index contributed by atoms with van der Waals surface area (Å²) in [7, 11) is 0. The minimum Gasteiger partial charge on any atom is -0.480 e. The van der Waals surface area contributed by atoms with Crippen molar-refractivity contribution in [2.24, 2.45) is 5.92 Å². The van der Waals surface area contributed by atoms with Gasteiger partial charge in [0.15, 0.2) is 0 Å². The number of benzene rings is 1. The first-order chi connectivity index (χ1) is 9.74. The molecule has 1 aliphatic carbocycles. The van der Waals surface area contributed by atoms with E-state index in [1.165, 1.54) is 0 Å². The second kappa shape index (κ2) is 5.46. The number of imidazole rings is 1. The number of hydrogen-bond acceptors (Lipinski definition) is 3. The third-order valence-corrected chi connectivity index (χ3v) is 3.62. The van der Waals surface area contributed by atoms with E-state index in [4.69, 9.17) is 5.11 Å². The summed E-state index contributed by atoms with van der Waals surface area (Å²) in [6.07, 6.45) is 7.41. The molecule has 5 nitrogen and oxygen atoms in total. The van der Waals surface area contributed by atoms with E-state index >= 15 is 0 Å². The Bertz CT molecular complexity index is 574. The molecule has 1 aromatic heterocycles. The molecule has 0 radical (unpaired) electrons. The summed E-state index contributed by atoms with van der Waals surface area (Å²) < 4.78 is 1.93. The average molecular weight is 271 g/mol. The van der Waals surface area contributed by atoms with E-state index in [0.717, 1.165) is 24.1 Å². The van der Waals surface area contributed by atoms with Gasteiger partial charge in [0.2, 0.25) is 0 Å². The van der Waals surface area contributed by atoms with Crippen LogP contribution in [0.3, 0.4) is 0 Å². The van der Waals surface area contributed by atoms with E-state index in [1.807, 2.05) is 35.0 Å². The van der Waals surface area contributed by atoms with Gasteiger partial charge in [-0.1, -0.05) is 12.1 Å². The molecule has 20 heavy (non-hydrogen) atoms. The molecule has 1 aliphatic rings. The van der Waals surface area contributed by atoms with Crippen molar-refractivity contribution in [2.75, 3.05) is 0 Å². The Balaban J connectivity index is 1.62. The van der Waals surface area contributed by atoms with Crippen LogP contribution in [-0.2, 0) is 11.3 Å². The van der Waals surface area contributed by atoms with Gasteiger partial charge < -0.3 is 15.0 Å². The van der Waals surface area contributed by atoms with Crippen LogP contribution in [0, 0.1) is 5.92 Å². The lowest BCUT2D eigenvalue weighted by atomic mass is 10.1. The Morgan fingerprint density at radius 3 is 2.70 bits per heavy atom. The lowest BCUT2D eigenvalue weighted by Gasteiger charge is -2.13. The summed E-state index contributed by atoms with van der Waals surface area (Å²) in [6.45, 7) is 0.581. The van der Waals surface area contributed by atoms with Crippen molar-refractivity contribution in [3.63, 3.8) is 0 Å². The Hall–Kier alpha value is -2.14. The highest BCUT2D eigenvalue weighted by Crippen LogP contribution is 2.32. The Labute approximate surface area is 117 Å². The maximum atomic E-state index is 11.1. The van der Waals surface area contributed by atoms with Gasteiger partial charge in [0.1, 0.15) is 6.04 Å². The fourth-order valence-electron chi connectivity index (χ4n) is 2.31. The number of carboxylic acids is 1. The van der Waals surface area contributed by atoms with Crippen molar-refractivity contribution in [2.45, 2.75) is 25.4 Å². The number of aromatic nitrogens is 2. The number of carbonyl (C=O) groups is 1. The summed E-state index contributed by atoms with van der Waals surface area (Å²) in [5.41, 5.74) is 2.13. The Morgan fingerprint density at radius 2 is 2.15 bits per heavy atom. The van der Waals surface area contributed by atoms with Crippen LogP contribution < -0.4 is 5.32 Å². The number of carboxylic acid groups (broad SMARTS) is 1. The van der Waals surface area contributed by atoms with Crippen LogP contribution in [0.1, 0.15) is 18.4 Å². The number of hydrogen-bond donors (Lipinski definition) is 2. The van der Waals surface area contributed by atoms with E-state index in [9.17, 15) is 4.79 Å². The molecule has 1 unspecified atom stereocenters. The van der Waals surface area contributed by atoms with E-state index in [-0.39, 0.29) is 0 Å². The largest absolute Gasteiger partial charge is 0.480 e. The number of nitrogens with one attached hydrogen (secondary N) is 1. The first-order valence-electron chi connectivity index (χ1n) is 6.77. The highest BCUT2D eigenvalue weighted by Gasteiger charge is 2.35. The number of nitrogens with zero attached hydrogens (tertiary/aromatic N) is 2. The van der Waals surface area contributed by atoms with Crippen molar-refractivity contribution < 1.29 is 9.90 Å². The van der Waals surface area contributed by atoms with Crippen molar-refractivity contribution in [1.82, 2.24) is 14.9 Å². The van der Waals surface area contributed by atoms with Crippen LogP contribution in [0.4, 0.5) is 0 Å². The Morgan fingerprint density at radius 1 is 1.40 bits per heavy atom. The van der Waals surface area contributed by atoms with Gasteiger partial charge in [-0.3, -0.25) is 4.79 Å². The van der Waals surface area contributed by atoms with Crippen molar-refractivity contribution in [1.29, 1.82) is 0 Å². The van der Waals surface area contributed by atoms with Gasteiger partial charge in [0, 0.05) is 24.6 Å². The van der Waals surface area contributed by atoms with Crippen molar-refractivity contribution >= 4 is 5.97 Å². The van der Waals surface area contributed by atoms with Crippen LogP contribution >= 0.6 is 0 Å². The lowest BCUT2D eigenvalue weighted by molar-refractivity contribution is -0.140. The molecule has 3 rings (SSSR count). The molecule has 0 saturated heterocycles. The molecule has 1 aromatic carbocycles. The topological polar surface area (TPSA) is 67.2 Å². The molecule has 2 N–H and O–H groups in total. The van der Waals surface area contributed by atoms with E-state index < -0.39 is 12.0 Å². The maximum Gasteiger partial charge on any atom is 0.320 e. The second-order valence-electron chi connectivity index (χ2n) is 5.17.